The highest BCUT2D eigenvalue weighted by molar-refractivity contribution is 4.87. The summed E-state index contributed by atoms with van der Waals surface area (Å²) in [6, 6.07) is 0. The van der Waals surface area contributed by atoms with E-state index >= 15 is 0 Å². The zero-order valence-corrected chi connectivity index (χ0v) is 13.5. The van der Waals surface area contributed by atoms with Gasteiger partial charge in [-0.05, 0) is 62.4 Å². The van der Waals surface area contributed by atoms with Gasteiger partial charge in [0.25, 0.3) is 0 Å². The van der Waals surface area contributed by atoms with Gasteiger partial charge in [-0.3, -0.25) is 0 Å². The molecule has 0 aromatic rings. The Kier molecular flexibility index (Phi) is 6.19. The molecule has 1 N–H and O–H groups in total. The molecule has 0 spiro atoms. The lowest BCUT2D eigenvalue weighted by Gasteiger charge is -2.43. The van der Waals surface area contributed by atoms with Gasteiger partial charge in [0.15, 0.2) is 0 Å². The van der Waals surface area contributed by atoms with E-state index in [2.05, 4.69) is 26.2 Å². The van der Waals surface area contributed by atoms with Gasteiger partial charge in [0.2, 0.25) is 0 Å². The lowest BCUT2D eigenvalue weighted by molar-refractivity contribution is 0.0782. The lowest BCUT2D eigenvalue weighted by Crippen LogP contribution is -2.37. The fourth-order valence-electron chi connectivity index (χ4n) is 4.92. The molecule has 0 aromatic heterocycles. The minimum absolute atomic E-state index is 0.966. The Bertz CT molecular complexity index is 250. The fourth-order valence-corrected chi connectivity index (χ4v) is 4.92. The van der Waals surface area contributed by atoms with E-state index in [4.69, 9.17) is 0 Å². The SMILES string of the molecule is CCC1CCCC(C2CC(CC)CCC2CNC)C1. The number of hydrogen-bond acceptors (Lipinski definition) is 1. The maximum Gasteiger partial charge on any atom is -0.00208 e. The van der Waals surface area contributed by atoms with E-state index in [-0.39, 0.29) is 0 Å². The second kappa shape index (κ2) is 7.67. The zero-order valence-electron chi connectivity index (χ0n) is 13.5. The molecule has 0 saturated heterocycles. The molecule has 112 valence electrons. The molecule has 0 aliphatic heterocycles. The molecule has 2 rings (SSSR count). The predicted molar refractivity (Wildman–Crippen MR) is 84.3 cm³/mol. The van der Waals surface area contributed by atoms with Crippen molar-refractivity contribution >= 4 is 0 Å². The molecular formula is C18H35N. The number of rotatable bonds is 5. The molecule has 0 amide bonds. The third-order valence-corrected chi connectivity index (χ3v) is 6.21. The van der Waals surface area contributed by atoms with Crippen molar-refractivity contribution < 1.29 is 0 Å². The Balaban J connectivity index is 1.99. The summed E-state index contributed by atoms with van der Waals surface area (Å²) in [5.74, 6) is 5.11. The third kappa shape index (κ3) is 3.97. The second-order valence-corrected chi connectivity index (χ2v) is 7.27. The van der Waals surface area contributed by atoms with Crippen molar-refractivity contribution in [3.63, 3.8) is 0 Å². The van der Waals surface area contributed by atoms with Crippen LogP contribution in [0.3, 0.4) is 0 Å². The maximum atomic E-state index is 3.46. The van der Waals surface area contributed by atoms with Gasteiger partial charge in [0.05, 0.1) is 0 Å². The first kappa shape index (κ1) is 15.4. The van der Waals surface area contributed by atoms with Gasteiger partial charge in [-0.15, -0.1) is 0 Å². The van der Waals surface area contributed by atoms with Crippen molar-refractivity contribution in [1.82, 2.24) is 5.32 Å². The summed E-state index contributed by atoms with van der Waals surface area (Å²) in [5.41, 5.74) is 0. The molecule has 0 heterocycles. The zero-order chi connectivity index (χ0) is 13.7. The monoisotopic (exact) mass is 265 g/mol. The molecule has 19 heavy (non-hydrogen) atoms. The van der Waals surface area contributed by atoms with Crippen LogP contribution in [0.25, 0.3) is 0 Å². The third-order valence-electron chi connectivity index (χ3n) is 6.21. The van der Waals surface area contributed by atoms with E-state index in [0.717, 1.165) is 29.6 Å². The Morgan fingerprint density at radius 3 is 2.32 bits per heavy atom. The average Bonchev–Trinajstić information content (AvgIpc) is 2.48. The van der Waals surface area contributed by atoms with Gasteiger partial charge < -0.3 is 5.32 Å². The molecule has 1 heteroatoms. The van der Waals surface area contributed by atoms with Gasteiger partial charge in [-0.25, -0.2) is 0 Å². The van der Waals surface area contributed by atoms with Crippen LogP contribution in [-0.4, -0.2) is 13.6 Å². The lowest BCUT2D eigenvalue weighted by atomic mass is 9.63. The minimum Gasteiger partial charge on any atom is -0.319 e. The summed E-state index contributed by atoms with van der Waals surface area (Å²) in [6.45, 7) is 6.05. The molecule has 0 radical (unpaired) electrons. The molecule has 2 aliphatic carbocycles. The van der Waals surface area contributed by atoms with E-state index in [1.165, 1.54) is 64.3 Å². The highest BCUT2D eigenvalue weighted by Gasteiger charge is 2.36. The molecule has 5 atom stereocenters. The Morgan fingerprint density at radius 1 is 0.895 bits per heavy atom. The van der Waals surface area contributed by atoms with Gasteiger partial charge in [-0.1, -0.05) is 52.4 Å². The quantitative estimate of drug-likeness (QED) is 0.748. The van der Waals surface area contributed by atoms with Crippen LogP contribution in [-0.2, 0) is 0 Å². The van der Waals surface area contributed by atoms with E-state index in [1.807, 2.05) is 0 Å². The summed E-state index contributed by atoms with van der Waals surface area (Å²) >= 11 is 0. The van der Waals surface area contributed by atoms with Crippen molar-refractivity contribution in [3.8, 4) is 0 Å². The Labute approximate surface area is 120 Å². The van der Waals surface area contributed by atoms with Crippen LogP contribution in [0.5, 0.6) is 0 Å². The van der Waals surface area contributed by atoms with Crippen LogP contribution >= 0.6 is 0 Å². The van der Waals surface area contributed by atoms with Gasteiger partial charge in [0, 0.05) is 0 Å². The predicted octanol–water partition coefficient (Wildman–Crippen LogP) is 4.86. The van der Waals surface area contributed by atoms with Gasteiger partial charge in [-0.2, -0.15) is 0 Å². The normalized spacial score (nSPS) is 40.3. The Morgan fingerprint density at radius 2 is 1.63 bits per heavy atom. The van der Waals surface area contributed by atoms with E-state index in [0.29, 0.717) is 0 Å². The number of hydrogen-bond donors (Lipinski definition) is 1. The number of nitrogens with one attached hydrogen (secondary N) is 1. The standard InChI is InChI=1S/C18H35N/c1-4-14-7-6-8-16(11-14)18-12-15(5-2)9-10-17(18)13-19-3/h14-19H,4-13H2,1-3H3. The van der Waals surface area contributed by atoms with Gasteiger partial charge in [0.1, 0.15) is 0 Å². The van der Waals surface area contributed by atoms with Crippen molar-refractivity contribution in [3.05, 3.63) is 0 Å². The highest BCUT2D eigenvalue weighted by Crippen LogP contribution is 2.45. The molecule has 2 saturated carbocycles. The van der Waals surface area contributed by atoms with Crippen LogP contribution in [0.4, 0.5) is 0 Å². The van der Waals surface area contributed by atoms with Crippen molar-refractivity contribution in [2.24, 2.45) is 29.6 Å². The van der Waals surface area contributed by atoms with Gasteiger partial charge >= 0.3 is 0 Å². The molecule has 1 nitrogen and oxygen atoms in total. The van der Waals surface area contributed by atoms with Crippen LogP contribution in [0.2, 0.25) is 0 Å². The molecule has 2 aliphatic rings. The molecule has 0 aromatic carbocycles. The van der Waals surface area contributed by atoms with Crippen molar-refractivity contribution in [2.45, 2.75) is 71.6 Å². The van der Waals surface area contributed by atoms with Crippen LogP contribution < -0.4 is 5.32 Å². The first-order valence-corrected chi connectivity index (χ1v) is 8.93. The topological polar surface area (TPSA) is 12.0 Å². The smallest absolute Gasteiger partial charge is 0.00208 e. The second-order valence-electron chi connectivity index (χ2n) is 7.27. The summed E-state index contributed by atoms with van der Waals surface area (Å²) in [6.07, 6.45) is 13.4. The highest BCUT2D eigenvalue weighted by atomic mass is 14.8. The largest absolute Gasteiger partial charge is 0.319 e. The summed E-state index contributed by atoms with van der Waals surface area (Å²) < 4.78 is 0. The van der Waals surface area contributed by atoms with E-state index in [9.17, 15) is 0 Å². The van der Waals surface area contributed by atoms with E-state index < -0.39 is 0 Å². The van der Waals surface area contributed by atoms with E-state index in [1.54, 1.807) is 0 Å². The van der Waals surface area contributed by atoms with Crippen molar-refractivity contribution in [1.29, 1.82) is 0 Å². The molecular weight excluding hydrogens is 230 g/mol. The van der Waals surface area contributed by atoms with Crippen molar-refractivity contribution in [2.75, 3.05) is 13.6 Å². The average molecular weight is 265 g/mol. The summed E-state index contributed by atoms with van der Waals surface area (Å²) in [4.78, 5) is 0. The molecule has 5 unspecified atom stereocenters. The minimum atomic E-state index is 0.966. The first-order valence-electron chi connectivity index (χ1n) is 8.93. The van der Waals surface area contributed by atoms with Crippen LogP contribution in [0.15, 0.2) is 0 Å². The fraction of sp³-hybridized carbons (Fsp3) is 1.00. The maximum absolute atomic E-state index is 3.46. The summed E-state index contributed by atoms with van der Waals surface area (Å²) in [7, 11) is 2.14. The first-order chi connectivity index (χ1) is 9.28. The summed E-state index contributed by atoms with van der Waals surface area (Å²) in [5, 5.41) is 3.46. The molecule has 0 bridgehead atoms. The Hall–Kier alpha value is -0.0400. The molecule has 2 fully saturated rings. The van der Waals surface area contributed by atoms with Crippen LogP contribution in [0, 0.1) is 29.6 Å². The van der Waals surface area contributed by atoms with Crippen LogP contribution in [0.1, 0.15) is 71.6 Å².